The number of hydrogen-bond donors (Lipinski definition) is 0. The summed E-state index contributed by atoms with van der Waals surface area (Å²) in [5, 5.41) is 1.86. The standard InChI is InChI=1S/C30H30ClN3O3/c1-32-19-26(24-7-2-3-8-27(24)32)25(22-5-4-6-23(31)16-22)17-30(35)34-13-11-33(12-14-34)18-21-9-10-28-29(15-21)37-20-36-28/h2-10,15-16,19,25H,11-14,17-18,20H2,1H3. The van der Waals surface area contributed by atoms with Gasteiger partial charge in [0.25, 0.3) is 0 Å². The van der Waals surface area contributed by atoms with Crippen LogP contribution in [0.5, 0.6) is 11.5 Å². The number of amides is 1. The topological polar surface area (TPSA) is 46.9 Å². The molecule has 2 aliphatic rings. The number of carbonyl (C=O) groups excluding carboxylic acids is 1. The molecule has 4 aromatic rings. The SMILES string of the molecule is Cn1cc(C(CC(=O)N2CCN(Cc3ccc4c(c3)OCO4)CC2)c2cccc(Cl)c2)c2ccccc21. The molecule has 37 heavy (non-hydrogen) atoms. The Morgan fingerprint density at radius 2 is 1.76 bits per heavy atom. The molecule has 6 rings (SSSR count). The molecule has 3 aromatic carbocycles. The number of aryl methyl sites for hydroxylation is 1. The van der Waals surface area contributed by atoms with Gasteiger partial charge in [0.15, 0.2) is 11.5 Å². The van der Waals surface area contributed by atoms with Crippen LogP contribution in [0.3, 0.4) is 0 Å². The lowest BCUT2D eigenvalue weighted by atomic mass is 9.87. The molecular formula is C30H30ClN3O3. The van der Waals surface area contributed by atoms with Crippen molar-refractivity contribution in [2.45, 2.75) is 18.9 Å². The third-order valence-corrected chi connectivity index (χ3v) is 7.74. The zero-order valence-corrected chi connectivity index (χ0v) is 21.7. The maximum absolute atomic E-state index is 13.6. The number of rotatable bonds is 6. The van der Waals surface area contributed by atoms with E-state index >= 15 is 0 Å². The highest BCUT2D eigenvalue weighted by Gasteiger charge is 2.27. The van der Waals surface area contributed by atoms with E-state index in [1.807, 2.05) is 29.2 Å². The Kier molecular flexibility index (Phi) is 6.53. The third kappa shape index (κ3) is 4.91. The van der Waals surface area contributed by atoms with Crippen LogP contribution < -0.4 is 9.47 Å². The summed E-state index contributed by atoms with van der Waals surface area (Å²) in [5.41, 5.74) is 4.59. The molecule has 1 aromatic heterocycles. The summed E-state index contributed by atoms with van der Waals surface area (Å²) >= 11 is 6.38. The first kappa shape index (κ1) is 23.9. The Hall–Kier alpha value is -3.48. The second-order valence-electron chi connectivity index (χ2n) is 9.87. The fourth-order valence-corrected chi connectivity index (χ4v) is 5.74. The van der Waals surface area contributed by atoms with Gasteiger partial charge in [0, 0.05) is 74.2 Å². The Balaban J connectivity index is 1.17. The lowest BCUT2D eigenvalue weighted by molar-refractivity contribution is -0.133. The van der Waals surface area contributed by atoms with Crippen molar-refractivity contribution >= 4 is 28.4 Å². The van der Waals surface area contributed by atoms with E-state index < -0.39 is 0 Å². The number of hydrogen-bond acceptors (Lipinski definition) is 4. The van der Waals surface area contributed by atoms with Gasteiger partial charge in [0.2, 0.25) is 12.7 Å². The maximum Gasteiger partial charge on any atom is 0.231 e. The number of fused-ring (bicyclic) bond motifs is 2. The van der Waals surface area contributed by atoms with Crippen molar-refractivity contribution in [3.63, 3.8) is 0 Å². The Morgan fingerprint density at radius 3 is 2.59 bits per heavy atom. The number of halogens is 1. The average molecular weight is 516 g/mol. The van der Waals surface area contributed by atoms with Gasteiger partial charge >= 0.3 is 0 Å². The highest BCUT2D eigenvalue weighted by molar-refractivity contribution is 6.30. The smallest absolute Gasteiger partial charge is 0.231 e. The zero-order chi connectivity index (χ0) is 25.4. The lowest BCUT2D eigenvalue weighted by Crippen LogP contribution is -2.48. The van der Waals surface area contributed by atoms with E-state index in [2.05, 4.69) is 65.2 Å². The van der Waals surface area contributed by atoms with E-state index in [0.717, 1.165) is 60.9 Å². The molecule has 2 aliphatic heterocycles. The first-order valence-corrected chi connectivity index (χ1v) is 13.1. The molecule has 1 amide bonds. The van der Waals surface area contributed by atoms with Gasteiger partial charge in [0.05, 0.1) is 0 Å². The highest BCUT2D eigenvalue weighted by atomic mass is 35.5. The number of carbonyl (C=O) groups is 1. The zero-order valence-electron chi connectivity index (χ0n) is 20.9. The molecule has 0 spiro atoms. The first-order chi connectivity index (χ1) is 18.0. The van der Waals surface area contributed by atoms with E-state index in [1.165, 1.54) is 10.9 Å². The van der Waals surface area contributed by atoms with Crippen molar-refractivity contribution in [2.24, 2.45) is 7.05 Å². The fourth-order valence-electron chi connectivity index (χ4n) is 5.54. The molecule has 0 bridgehead atoms. The van der Waals surface area contributed by atoms with Crippen LogP contribution in [-0.4, -0.2) is 53.2 Å². The molecule has 0 radical (unpaired) electrons. The Bertz CT molecular complexity index is 1440. The molecule has 3 heterocycles. The lowest BCUT2D eigenvalue weighted by Gasteiger charge is -2.35. The van der Waals surface area contributed by atoms with Crippen LogP contribution in [0, 0.1) is 0 Å². The molecule has 190 valence electrons. The number of nitrogens with zero attached hydrogens (tertiary/aromatic N) is 3. The van der Waals surface area contributed by atoms with Crippen LogP contribution in [0.25, 0.3) is 10.9 Å². The average Bonchev–Trinajstić information content (AvgIpc) is 3.52. The van der Waals surface area contributed by atoms with E-state index in [1.54, 1.807) is 0 Å². The number of para-hydroxylation sites is 1. The molecule has 6 nitrogen and oxygen atoms in total. The fraction of sp³-hybridized carbons (Fsp3) is 0.300. The summed E-state index contributed by atoms with van der Waals surface area (Å²) in [4.78, 5) is 18.0. The second kappa shape index (κ2) is 10.1. The summed E-state index contributed by atoms with van der Waals surface area (Å²) in [6.45, 7) is 4.25. The number of benzene rings is 3. The minimum Gasteiger partial charge on any atom is -0.454 e. The molecule has 0 saturated carbocycles. The molecule has 0 N–H and O–H groups in total. The van der Waals surface area contributed by atoms with Gasteiger partial charge in [-0.3, -0.25) is 9.69 Å². The van der Waals surface area contributed by atoms with Gasteiger partial charge in [-0.25, -0.2) is 0 Å². The molecular weight excluding hydrogens is 486 g/mol. The molecule has 7 heteroatoms. The summed E-state index contributed by atoms with van der Waals surface area (Å²) < 4.78 is 13.1. The van der Waals surface area contributed by atoms with Gasteiger partial charge in [-0.05, 0) is 47.0 Å². The van der Waals surface area contributed by atoms with Crippen LogP contribution in [0.4, 0.5) is 0 Å². The van der Waals surface area contributed by atoms with Crippen LogP contribution in [0.2, 0.25) is 5.02 Å². The number of piperazine rings is 1. The van der Waals surface area contributed by atoms with Crippen molar-refractivity contribution in [2.75, 3.05) is 33.0 Å². The Labute approximate surface area is 221 Å². The predicted octanol–water partition coefficient (Wildman–Crippen LogP) is 5.43. The number of aromatic nitrogens is 1. The molecule has 1 unspecified atom stereocenters. The first-order valence-electron chi connectivity index (χ1n) is 12.7. The second-order valence-corrected chi connectivity index (χ2v) is 10.3. The van der Waals surface area contributed by atoms with E-state index in [9.17, 15) is 4.79 Å². The normalized spacial score (nSPS) is 16.3. The quantitative estimate of drug-likeness (QED) is 0.344. The van der Waals surface area contributed by atoms with E-state index in [-0.39, 0.29) is 18.6 Å². The van der Waals surface area contributed by atoms with Crippen molar-refractivity contribution in [1.29, 1.82) is 0 Å². The maximum atomic E-state index is 13.6. The summed E-state index contributed by atoms with van der Waals surface area (Å²) in [7, 11) is 2.06. The van der Waals surface area contributed by atoms with Crippen LogP contribution in [-0.2, 0) is 18.4 Å². The van der Waals surface area contributed by atoms with Crippen molar-refractivity contribution in [3.8, 4) is 11.5 Å². The highest BCUT2D eigenvalue weighted by Crippen LogP contribution is 2.36. The van der Waals surface area contributed by atoms with Gasteiger partial charge in [-0.1, -0.05) is 48.0 Å². The monoisotopic (exact) mass is 515 g/mol. The minimum atomic E-state index is -0.0658. The van der Waals surface area contributed by atoms with Gasteiger partial charge < -0.3 is 18.9 Å². The van der Waals surface area contributed by atoms with Crippen molar-refractivity contribution < 1.29 is 14.3 Å². The minimum absolute atomic E-state index is 0.0658. The van der Waals surface area contributed by atoms with Crippen LogP contribution in [0.1, 0.15) is 29.0 Å². The van der Waals surface area contributed by atoms with E-state index in [4.69, 9.17) is 21.1 Å². The van der Waals surface area contributed by atoms with Crippen LogP contribution >= 0.6 is 11.6 Å². The Morgan fingerprint density at radius 1 is 0.946 bits per heavy atom. The number of ether oxygens (including phenoxy) is 2. The molecule has 0 aliphatic carbocycles. The summed E-state index contributed by atoms with van der Waals surface area (Å²) in [5.74, 6) is 1.73. The van der Waals surface area contributed by atoms with Crippen molar-refractivity contribution in [1.82, 2.24) is 14.4 Å². The molecule has 1 atom stereocenters. The predicted molar refractivity (Wildman–Crippen MR) is 145 cm³/mol. The van der Waals surface area contributed by atoms with Gasteiger partial charge in [-0.15, -0.1) is 0 Å². The summed E-state index contributed by atoms with van der Waals surface area (Å²) in [6.07, 6.45) is 2.57. The van der Waals surface area contributed by atoms with E-state index in [0.29, 0.717) is 11.4 Å². The third-order valence-electron chi connectivity index (χ3n) is 7.50. The molecule has 1 saturated heterocycles. The van der Waals surface area contributed by atoms with Crippen LogP contribution in [0.15, 0.2) is 72.9 Å². The van der Waals surface area contributed by atoms with Crippen molar-refractivity contribution in [3.05, 3.63) is 94.6 Å². The largest absolute Gasteiger partial charge is 0.454 e. The van der Waals surface area contributed by atoms with Gasteiger partial charge in [-0.2, -0.15) is 0 Å². The van der Waals surface area contributed by atoms with Gasteiger partial charge in [0.1, 0.15) is 0 Å². The summed E-state index contributed by atoms with van der Waals surface area (Å²) in [6, 6.07) is 22.4. The molecule has 1 fully saturated rings.